The number of aryl methyl sites for hydroxylation is 1. The van der Waals surface area contributed by atoms with Gasteiger partial charge >= 0.3 is 12.0 Å². The van der Waals surface area contributed by atoms with Gasteiger partial charge in [0, 0.05) is 37.5 Å². The quantitative estimate of drug-likeness (QED) is 0.642. The van der Waals surface area contributed by atoms with Crippen LogP contribution in [0.4, 0.5) is 4.79 Å². The van der Waals surface area contributed by atoms with Gasteiger partial charge in [-0.1, -0.05) is 30.3 Å². The summed E-state index contributed by atoms with van der Waals surface area (Å²) in [5, 5.41) is 7.55. The summed E-state index contributed by atoms with van der Waals surface area (Å²) in [6.45, 7) is 1.73. The maximum atomic E-state index is 13.0. The summed E-state index contributed by atoms with van der Waals surface area (Å²) in [6, 6.07) is 14.4. The molecule has 0 spiro atoms. The number of carbonyl (C=O) groups excluding carboxylic acids is 2. The normalized spacial score (nSPS) is 14.3. The van der Waals surface area contributed by atoms with Crippen molar-refractivity contribution in [2.75, 3.05) is 13.7 Å². The summed E-state index contributed by atoms with van der Waals surface area (Å²) in [5.74, 6) is -0.461. The minimum Gasteiger partial charge on any atom is -0.467 e. The van der Waals surface area contributed by atoms with Crippen molar-refractivity contribution < 1.29 is 14.3 Å². The Hall–Kier alpha value is -3.68. The fourth-order valence-corrected chi connectivity index (χ4v) is 3.73. The molecule has 0 fully saturated rings. The molecule has 0 aliphatic carbocycles. The van der Waals surface area contributed by atoms with Gasteiger partial charge in [0.15, 0.2) is 0 Å². The van der Waals surface area contributed by atoms with Crippen LogP contribution in [0, 0.1) is 0 Å². The first-order chi connectivity index (χ1) is 15.1. The number of benzene rings is 1. The largest absolute Gasteiger partial charge is 0.467 e. The number of nitrogens with zero attached hydrogens (tertiary/aromatic N) is 4. The number of methoxy groups -OCH3 is 1. The first-order valence-electron chi connectivity index (χ1n) is 10.3. The highest BCUT2D eigenvalue weighted by molar-refractivity contribution is 5.83. The number of aromatic nitrogens is 3. The number of fused-ring (bicyclic) bond motifs is 1. The Balaban J connectivity index is 1.48. The van der Waals surface area contributed by atoms with Crippen molar-refractivity contribution >= 4 is 12.0 Å². The van der Waals surface area contributed by atoms with Crippen LogP contribution in [0.1, 0.15) is 17.7 Å². The number of pyridine rings is 1. The number of hydrogen-bond acceptors (Lipinski definition) is 5. The minimum absolute atomic E-state index is 0.286. The van der Waals surface area contributed by atoms with Crippen molar-refractivity contribution in [1.29, 1.82) is 0 Å². The molecule has 2 aromatic heterocycles. The van der Waals surface area contributed by atoms with Crippen molar-refractivity contribution in [3.63, 3.8) is 0 Å². The van der Waals surface area contributed by atoms with Crippen molar-refractivity contribution in [2.45, 2.75) is 32.0 Å². The fourth-order valence-electron chi connectivity index (χ4n) is 3.73. The van der Waals surface area contributed by atoms with Crippen molar-refractivity contribution in [3.8, 4) is 11.3 Å². The molecular weight excluding hydrogens is 394 g/mol. The molecule has 160 valence electrons. The van der Waals surface area contributed by atoms with Crippen molar-refractivity contribution in [1.82, 2.24) is 25.0 Å². The molecular formula is C23H25N5O3. The van der Waals surface area contributed by atoms with Crippen LogP contribution in [-0.2, 0) is 29.0 Å². The molecule has 3 heterocycles. The van der Waals surface area contributed by atoms with E-state index in [1.807, 2.05) is 53.2 Å². The van der Waals surface area contributed by atoms with Gasteiger partial charge in [0.2, 0.25) is 0 Å². The maximum absolute atomic E-state index is 13.0. The molecule has 1 aliphatic heterocycles. The molecule has 31 heavy (non-hydrogen) atoms. The second kappa shape index (κ2) is 9.42. The molecule has 0 unspecified atom stereocenters. The third-order valence-corrected chi connectivity index (χ3v) is 5.34. The summed E-state index contributed by atoms with van der Waals surface area (Å²) in [4.78, 5) is 31.1. The van der Waals surface area contributed by atoms with Crippen LogP contribution < -0.4 is 5.32 Å². The summed E-state index contributed by atoms with van der Waals surface area (Å²) in [6.07, 6.45) is 4.62. The Kier molecular flexibility index (Phi) is 6.26. The van der Waals surface area contributed by atoms with E-state index >= 15 is 0 Å². The highest BCUT2D eigenvalue weighted by Gasteiger charge is 2.26. The molecule has 4 rings (SSSR count). The van der Waals surface area contributed by atoms with E-state index in [2.05, 4.69) is 15.4 Å². The molecule has 1 N–H and O–H groups in total. The second-order valence-electron chi connectivity index (χ2n) is 7.47. The van der Waals surface area contributed by atoms with Gasteiger partial charge in [0.05, 0.1) is 25.0 Å². The van der Waals surface area contributed by atoms with Gasteiger partial charge in [-0.15, -0.1) is 0 Å². The van der Waals surface area contributed by atoms with E-state index in [9.17, 15) is 9.59 Å². The lowest BCUT2D eigenvalue weighted by Gasteiger charge is -2.24. The Labute approximate surface area is 180 Å². The van der Waals surface area contributed by atoms with Gasteiger partial charge in [-0.25, -0.2) is 9.59 Å². The number of rotatable bonds is 5. The molecule has 2 amide bonds. The summed E-state index contributed by atoms with van der Waals surface area (Å²) >= 11 is 0. The highest BCUT2D eigenvalue weighted by atomic mass is 16.5. The van der Waals surface area contributed by atoms with Crippen LogP contribution in [0.3, 0.4) is 0 Å². The molecule has 0 bridgehead atoms. The van der Waals surface area contributed by atoms with E-state index in [1.54, 1.807) is 17.3 Å². The van der Waals surface area contributed by atoms with E-state index in [1.165, 1.54) is 7.11 Å². The van der Waals surface area contributed by atoms with Crippen LogP contribution in [0.5, 0.6) is 0 Å². The highest BCUT2D eigenvalue weighted by Crippen LogP contribution is 2.21. The number of amides is 2. The van der Waals surface area contributed by atoms with E-state index in [-0.39, 0.29) is 6.03 Å². The number of esters is 1. The molecule has 0 saturated heterocycles. The third-order valence-electron chi connectivity index (χ3n) is 5.34. The third kappa shape index (κ3) is 4.91. The number of nitrogens with one attached hydrogen (secondary N) is 1. The van der Waals surface area contributed by atoms with E-state index in [0.29, 0.717) is 19.5 Å². The minimum atomic E-state index is -0.750. The van der Waals surface area contributed by atoms with Gasteiger partial charge in [0.25, 0.3) is 0 Å². The van der Waals surface area contributed by atoms with Gasteiger partial charge in [-0.05, 0) is 30.2 Å². The SMILES string of the molecule is COC(=O)[C@H](Cc1ccccc1)NC(=O)N1CCCn2nc(-c3ccncc3)cc2C1. The Morgan fingerprint density at radius 3 is 2.65 bits per heavy atom. The molecule has 8 heteroatoms. The van der Waals surface area contributed by atoms with Crippen LogP contribution in [-0.4, -0.2) is 51.4 Å². The molecule has 1 atom stereocenters. The van der Waals surface area contributed by atoms with Crippen LogP contribution in [0.25, 0.3) is 11.3 Å². The van der Waals surface area contributed by atoms with E-state index in [4.69, 9.17) is 4.74 Å². The van der Waals surface area contributed by atoms with Gasteiger partial charge in [0.1, 0.15) is 6.04 Å². The van der Waals surface area contributed by atoms with Gasteiger partial charge in [-0.2, -0.15) is 5.10 Å². The lowest BCUT2D eigenvalue weighted by molar-refractivity contribution is -0.142. The predicted octanol–water partition coefficient (Wildman–Crippen LogP) is 2.64. The zero-order valence-corrected chi connectivity index (χ0v) is 17.4. The average Bonchev–Trinajstić information content (AvgIpc) is 3.10. The number of urea groups is 1. The van der Waals surface area contributed by atoms with Gasteiger partial charge in [-0.3, -0.25) is 9.67 Å². The Morgan fingerprint density at radius 1 is 1.13 bits per heavy atom. The van der Waals surface area contributed by atoms with E-state index < -0.39 is 12.0 Å². The molecule has 1 aromatic carbocycles. The molecule has 8 nitrogen and oxygen atoms in total. The van der Waals surface area contributed by atoms with E-state index in [0.717, 1.165) is 35.5 Å². The monoisotopic (exact) mass is 419 g/mol. The van der Waals surface area contributed by atoms with Gasteiger partial charge < -0.3 is 15.0 Å². The standard InChI is InChI=1S/C23H25N5O3/c1-31-22(29)21(14-17-6-3-2-4-7-17)25-23(30)27-12-5-13-28-19(16-27)15-20(26-28)18-8-10-24-11-9-18/h2-4,6-11,15,21H,5,12-14,16H2,1H3,(H,25,30)/t21-/m0/s1. The maximum Gasteiger partial charge on any atom is 0.328 e. The predicted molar refractivity (Wildman–Crippen MR) is 115 cm³/mol. The number of carbonyl (C=O) groups is 2. The Morgan fingerprint density at radius 2 is 1.90 bits per heavy atom. The summed E-state index contributed by atoms with van der Waals surface area (Å²) in [5.41, 5.74) is 3.75. The zero-order valence-electron chi connectivity index (χ0n) is 17.4. The number of hydrogen-bond donors (Lipinski definition) is 1. The molecule has 3 aromatic rings. The lowest BCUT2D eigenvalue weighted by Crippen LogP contribution is -2.49. The van der Waals surface area contributed by atoms with Crippen molar-refractivity contribution in [2.24, 2.45) is 0 Å². The Bertz CT molecular complexity index is 1040. The van der Waals surface area contributed by atoms with Crippen molar-refractivity contribution in [3.05, 3.63) is 72.2 Å². The van der Waals surface area contributed by atoms with Crippen LogP contribution in [0.2, 0.25) is 0 Å². The first kappa shape index (κ1) is 20.6. The lowest BCUT2D eigenvalue weighted by atomic mass is 10.1. The first-order valence-corrected chi connectivity index (χ1v) is 10.3. The topological polar surface area (TPSA) is 89.4 Å². The molecule has 0 saturated carbocycles. The number of ether oxygens (including phenoxy) is 1. The summed E-state index contributed by atoms with van der Waals surface area (Å²) < 4.78 is 6.86. The molecule has 0 radical (unpaired) electrons. The fraction of sp³-hybridized carbons (Fsp3) is 0.304. The second-order valence-corrected chi connectivity index (χ2v) is 7.47. The summed E-state index contributed by atoms with van der Waals surface area (Å²) in [7, 11) is 1.33. The average molecular weight is 419 g/mol. The molecule has 1 aliphatic rings. The zero-order chi connectivity index (χ0) is 21.6. The smallest absolute Gasteiger partial charge is 0.328 e. The van der Waals surface area contributed by atoms with Crippen LogP contribution >= 0.6 is 0 Å². The van der Waals surface area contributed by atoms with Crippen LogP contribution in [0.15, 0.2) is 60.9 Å².